The SMILES string of the molecule is NC1CCC(C(=O)NCCc2ncc[nH]2)C1. The Morgan fingerprint density at radius 3 is 3.12 bits per heavy atom. The largest absolute Gasteiger partial charge is 0.355 e. The number of carbonyl (C=O) groups excluding carboxylic acids is 1. The second-order valence-corrected chi connectivity index (χ2v) is 4.35. The van der Waals surface area contributed by atoms with Gasteiger partial charge in [-0.2, -0.15) is 0 Å². The fourth-order valence-corrected chi connectivity index (χ4v) is 2.14. The second kappa shape index (κ2) is 5.12. The molecular formula is C11H18N4O. The minimum absolute atomic E-state index is 0.117. The molecule has 1 aliphatic rings. The molecule has 2 atom stereocenters. The first kappa shape index (κ1) is 11.1. The lowest BCUT2D eigenvalue weighted by Gasteiger charge is -2.09. The van der Waals surface area contributed by atoms with Crippen LogP contribution in [0.15, 0.2) is 12.4 Å². The molecule has 0 aliphatic heterocycles. The molecule has 0 spiro atoms. The second-order valence-electron chi connectivity index (χ2n) is 4.35. The number of imidazole rings is 1. The Morgan fingerprint density at radius 2 is 2.50 bits per heavy atom. The maximum Gasteiger partial charge on any atom is 0.223 e. The molecule has 1 fully saturated rings. The minimum atomic E-state index is 0.117. The van der Waals surface area contributed by atoms with Crippen molar-refractivity contribution in [3.8, 4) is 0 Å². The Kier molecular flexibility index (Phi) is 3.56. The van der Waals surface area contributed by atoms with Crippen LogP contribution in [0.25, 0.3) is 0 Å². The van der Waals surface area contributed by atoms with Gasteiger partial charge in [-0.3, -0.25) is 4.79 Å². The van der Waals surface area contributed by atoms with Crippen LogP contribution in [0.3, 0.4) is 0 Å². The Morgan fingerprint density at radius 1 is 1.62 bits per heavy atom. The summed E-state index contributed by atoms with van der Waals surface area (Å²) < 4.78 is 0. The van der Waals surface area contributed by atoms with Gasteiger partial charge in [0.15, 0.2) is 0 Å². The molecule has 4 N–H and O–H groups in total. The van der Waals surface area contributed by atoms with Gasteiger partial charge >= 0.3 is 0 Å². The molecule has 1 heterocycles. The van der Waals surface area contributed by atoms with Gasteiger partial charge in [-0.05, 0) is 19.3 Å². The lowest BCUT2D eigenvalue weighted by atomic mass is 10.1. The highest BCUT2D eigenvalue weighted by Crippen LogP contribution is 2.23. The predicted octanol–water partition coefficient (Wildman–Crippen LogP) is 0.196. The molecule has 88 valence electrons. The summed E-state index contributed by atoms with van der Waals surface area (Å²) in [5.41, 5.74) is 5.77. The van der Waals surface area contributed by atoms with Gasteiger partial charge in [-0.25, -0.2) is 4.98 Å². The molecule has 1 saturated carbocycles. The molecule has 1 amide bonds. The van der Waals surface area contributed by atoms with Crippen molar-refractivity contribution in [2.45, 2.75) is 31.7 Å². The fourth-order valence-electron chi connectivity index (χ4n) is 2.14. The zero-order valence-electron chi connectivity index (χ0n) is 9.28. The molecule has 1 aliphatic carbocycles. The molecule has 0 bridgehead atoms. The molecule has 0 aromatic carbocycles. The van der Waals surface area contributed by atoms with Crippen molar-refractivity contribution in [1.82, 2.24) is 15.3 Å². The van der Waals surface area contributed by atoms with Gasteiger partial charge in [0, 0.05) is 37.3 Å². The highest BCUT2D eigenvalue weighted by Gasteiger charge is 2.27. The van der Waals surface area contributed by atoms with Crippen molar-refractivity contribution in [2.75, 3.05) is 6.54 Å². The first-order valence-corrected chi connectivity index (χ1v) is 5.77. The van der Waals surface area contributed by atoms with Crippen LogP contribution < -0.4 is 11.1 Å². The van der Waals surface area contributed by atoms with Gasteiger partial charge in [0.1, 0.15) is 5.82 Å². The van der Waals surface area contributed by atoms with Gasteiger partial charge in [0.25, 0.3) is 0 Å². The number of rotatable bonds is 4. The van der Waals surface area contributed by atoms with E-state index >= 15 is 0 Å². The Hall–Kier alpha value is -1.36. The molecule has 5 nitrogen and oxygen atoms in total. The van der Waals surface area contributed by atoms with E-state index in [9.17, 15) is 4.79 Å². The number of nitrogens with two attached hydrogens (primary N) is 1. The number of hydrogen-bond donors (Lipinski definition) is 3. The quantitative estimate of drug-likeness (QED) is 0.680. The molecule has 2 rings (SSSR count). The molecule has 2 unspecified atom stereocenters. The molecule has 5 heteroatoms. The average molecular weight is 222 g/mol. The topological polar surface area (TPSA) is 83.8 Å². The van der Waals surface area contributed by atoms with Crippen LogP contribution in [0.5, 0.6) is 0 Å². The van der Waals surface area contributed by atoms with Gasteiger partial charge in [0.05, 0.1) is 0 Å². The van der Waals surface area contributed by atoms with Gasteiger partial charge in [-0.15, -0.1) is 0 Å². The van der Waals surface area contributed by atoms with Crippen molar-refractivity contribution >= 4 is 5.91 Å². The Bertz CT molecular complexity index is 336. The third-order valence-corrected chi connectivity index (χ3v) is 3.06. The predicted molar refractivity (Wildman–Crippen MR) is 60.6 cm³/mol. The van der Waals surface area contributed by atoms with Crippen molar-refractivity contribution in [2.24, 2.45) is 11.7 Å². The van der Waals surface area contributed by atoms with Crippen molar-refractivity contribution in [3.63, 3.8) is 0 Å². The monoisotopic (exact) mass is 222 g/mol. The lowest BCUT2D eigenvalue weighted by molar-refractivity contribution is -0.124. The number of carbonyl (C=O) groups is 1. The molecule has 16 heavy (non-hydrogen) atoms. The maximum atomic E-state index is 11.7. The molecular weight excluding hydrogens is 204 g/mol. The normalized spacial score (nSPS) is 24.6. The minimum Gasteiger partial charge on any atom is -0.355 e. The number of H-pyrrole nitrogens is 1. The lowest BCUT2D eigenvalue weighted by Crippen LogP contribution is -2.32. The van der Waals surface area contributed by atoms with E-state index in [1.54, 1.807) is 12.4 Å². The zero-order chi connectivity index (χ0) is 11.4. The van der Waals surface area contributed by atoms with E-state index in [1.807, 2.05) is 0 Å². The standard InChI is InChI=1S/C11H18N4O/c12-9-2-1-8(7-9)11(16)15-4-3-10-13-5-6-14-10/h5-6,8-9H,1-4,7,12H2,(H,13,14)(H,15,16). The first-order valence-electron chi connectivity index (χ1n) is 5.77. The van der Waals surface area contributed by atoms with Gasteiger partial charge in [0.2, 0.25) is 5.91 Å². The molecule has 0 radical (unpaired) electrons. The average Bonchev–Trinajstić information content (AvgIpc) is 2.89. The van der Waals surface area contributed by atoms with Crippen molar-refractivity contribution in [1.29, 1.82) is 0 Å². The highest BCUT2D eigenvalue weighted by atomic mass is 16.1. The van der Waals surface area contributed by atoms with E-state index in [-0.39, 0.29) is 17.9 Å². The van der Waals surface area contributed by atoms with E-state index in [0.29, 0.717) is 6.54 Å². The zero-order valence-corrected chi connectivity index (χ0v) is 9.28. The summed E-state index contributed by atoms with van der Waals surface area (Å²) in [6.07, 6.45) is 6.97. The first-order chi connectivity index (χ1) is 7.75. The van der Waals surface area contributed by atoms with Crippen molar-refractivity contribution in [3.05, 3.63) is 18.2 Å². The van der Waals surface area contributed by atoms with E-state index in [1.165, 1.54) is 0 Å². The number of nitrogens with zero attached hydrogens (tertiary/aromatic N) is 1. The van der Waals surface area contributed by atoms with Gasteiger partial charge in [-0.1, -0.05) is 0 Å². The van der Waals surface area contributed by atoms with Crippen molar-refractivity contribution < 1.29 is 4.79 Å². The summed E-state index contributed by atoms with van der Waals surface area (Å²) >= 11 is 0. The summed E-state index contributed by atoms with van der Waals surface area (Å²) in [6, 6.07) is 0.209. The Labute approximate surface area is 94.8 Å². The van der Waals surface area contributed by atoms with Gasteiger partial charge < -0.3 is 16.0 Å². The van der Waals surface area contributed by atoms with Crippen LogP contribution in [0.1, 0.15) is 25.1 Å². The number of amides is 1. The highest BCUT2D eigenvalue weighted by molar-refractivity contribution is 5.78. The third kappa shape index (κ3) is 2.82. The van der Waals surface area contributed by atoms with Crippen LogP contribution in [0.4, 0.5) is 0 Å². The summed E-state index contributed by atoms with van der Waals surface area (Å²) in [7, 11) is 0. The number of aromatic nitrogens is 2. The molecule has 1 aromatic rings. The van der Waals surface area contributed by atoms with E-state index < -0.39 is 0 Å². The summed E-state index contributed by atoms with van der Waals surface area (Å²) in [5, 5.41) is 2.93. The van der Waals surface area contributed by atoms with Crippen LogP contribution in [-0.2, 0) is 11.2 Å². The summed E-state index contributed by atoms with van der Waals surface area (Å²) in [4.78, 5) is 18.8. The Balaban J connectivity index is 1.68. The number of aromatic amines is 1. The van der Waals surface area contributed by atoms with Crippen LogP contribution in [0, 0.1) is 5.92 Å². The third-order valence-electron chi connectivity index (χ3n) is 3.06. The summed E-state index contributed by atoms with van der Waals surface area (Å²) in [5.74, 6) is 1.16. The van der Waals surface area contributed by atoms with Crippen LogP contribution in [-0.4, -0.2) is 28.5 Å². The van der Waals surface area contributed by atoms with Crippen LogP contribution >= 0.6 is 0 Å². The molecule has 1 aromatic heterocycles. The number of hydrogen-bond acceptors (Lipinski definition) is 3. The fraction of sp³-hybridized carbons (Fsp3) is 0.636. The van der Waals surface area contributed by atoms with E-state index in [0.717, 1.165) is 31.5 Å². The van der Waals surface area contributed by atoms with E-state index in [2.05, 4.69) is 15.3 Å². The maximum absolute atomic E-state index is 11.7. The number of nitrogens with one attached hydrogen (secondary N) is 2. The summed E-state index contributed by atoms with van der Waals surface area (Å²) in [6.45, 7) is 0.637. The smallest absolute Gasteiger partial charge is 0.223 e. The van der Waals surface area contributed by atoms with Crippen LogP contribution in [0.2, 0.25) is 0 Å². The molecule has 0 saturated heterocycles. The van der Waals surface area contributed by atoms with E-state index in [4.69, 9.17) is 5.73 Å².